The Hall–Kier alpha value is -1.65. The van der Waals surface area contributed by atoms with Crippen molar-refractivity contribution in [2.75, 3.05) is 39.3 Å². The second-order valence-electron chi connectivity index (χ2n) is 8.11. The molecule has 0 spiro atoms. The molecule has 3 aliphatic heterocycles. The van der Waals surface area contributed by atoms with Gasteiger partial charge >= 0.3 is 12.1 Å². The molecule has 0 bridgehead atoms. The van der Waals surface area contributed by atoms with Crippen molar-refractivity contribution in [2.45, 2.75) is 38.0 Å². The summed E-state index contributed by atoms with van der Waals surface area (Å²) in [7, 11) is 0. The number of nitrogens with zero attached hydrogens (tertiary/aromatic N) is 2. The molecule has 3 aliphatic rings. The number of likely N-dealkylation sites (tertiary alicyclic amines) is 2. The molecule has 1 N–H and O–H groups in total. The smallest absolute Gasteiger partial charge is 0.475 e. The lowest BCUT2D eigenvalue weighted by atomic mass is 9.88. The molecule has 1 aromatic rings. The van der Waals surface area contributed by atoms with Crippen LogP contribution < -0.4 is 0 Å². The van der Waals surface area contributed by atoms with Crippen LogP contribution in [-0.4, -0.2) is 78.4 Å². The van der Waals surface area contributed by atoms with Gasteiger partial charge in [-0.05, 0) is 60.0 Å². The highest BCUT2D eigenvalue weighted by atomic mass is 32.1. The van der Waals surface area contributed by atoms with Gasteiger partial charge in [-0.15, -0.1) is 0 Å². The van der Waals surface area contributed by atoms with E-state index in [0.29, 0.717) is 30.3 Å². The molecule has 0 aromatic carbocycles. The van der Waals surface area contributed by atoms with Gasteiger partial charge in [0.05, 0.1) is 12.5 Å². The molecule has 1 aromatic heterocycles. The van der Waals surface area contributed by atoms with Crippen molar-refractivity contribution in [1.82, 2.24) is 9.80 Å². The minimum atomic E-state index is -5.08. The van der Waals surface area contributed by atoms with E-state index in [4.69, 9.17) is 14.6 Å². The van der Waals surface area contributed by atoms with E-state index in [1.807, 2.05) is 0 Å². The Morgan fingerprint density at radius 1 is 1.20 bits per heavy atom. The Labute approximate surface area is 177 Å². The van der Waals surface area contributed by atoms with Gasteiger partial charge in [0, 0.05) is 32.8 Å². The molecule has 0 aliphatic carbocycles. The molecule has 0 saturated carbocycles. The number of hydrogen-bond donors (Lipinski definition) is 1. The summed E-state index contributed by atoms with van der Waals surface area (Å²) in [6, 6.07) is 2.06. The summed E-state index contributed by atoms with van der Waals surface area (Å²) >= 11 is 1.67. The second-order valence-corrected chi connectivity index (χ2v) is 8.89. The monoisotopic (exact) mass is 448 g/mol. The largest absolute Gasteiger partial charge is 0.490 e. The van der Waals surface area contributed by atoms with Gasteiger partial charge in [0.15, 0.2) is 0 Å². The number of hydrogen-bond acceptors (Lipinski definition) is 5. The maximum atomic E-state index is 12.5. The number of halogens is 3. The fourth-order valence-corrected chi connectivity index (χ4v) is 5.04. The minimum absolute atomic E-state index is 0.309. The van der Waals surface area contributed by atoms with Crippen LogP contribution in [0.2, 0.25) is 0 Å². The van der Waals surface area contributed by atoms with E-state index in [0.717, 1.165) is 38.3 Å². The third-order valence-corrected chi connectivity index (χ3v) is 6.63. The van der Waals surface area contributed by atoms with Gasteiger partial charge in [-0.1, -0.05) is 0 Å². The average molecular weight is 449 g/mol. The maximum absolute atomic E-state index is 12.5. The highest BCUT2D eigenvalue weighted by Gasteiger charge is 2.39. The fourth-order valence-electron chi connectivity index (χ4n) is 4.37. The first-order valence-corrected chi connectivity index (χ1v) is 11.1. The Bertz CT molecular complexity index is 707. The third-order valence-electron chi connectivity index (χ3n) is 5.90. The molecular weight excluding hydrogens is 421 g/mol. The molecule has 3 fully saturated rings. The quantitative estimate of drug-likeness (QED) is 0.767. The van der Waals surface area contributed by atoms with Crippen LogP contribution in [0, 0.1) is 11.8 Å². The molecule has 3 atom stereocenters. The van der Waals surface area contributed by atoms with Crippen LogP contribution >= 0.6 is 11.3 Å². The van der Waals surface area contributed by atoms with E-state index < -0.39 is 12.1 Å². The number of alkyl halides is 3. The van der Waals surface area contributed by atoms with E-state index in [1.54, 1.807) is 11.3 Å². The maximum Gasteiger partial charge on any atom is 0.490 e. The Morgan fingerprint density at radius 3 is 2.53 bits per heavy atom. The van der Waals surface area contributed by atoms with Gasteiger partial charge in [-0.3, -0.25) is 4.79 Å². The van der Waals surface area contributed by atoms with E-state index in [9.17, 15) is 18.0 Å². The van der Waals surface area contributed by atoms with Crippen molar-refractivity contribution >= 4 is 23.2 Å². The minimum Gasteiger partial charge on any atom is -0.475 e. The predicted octanol–water partition coefficient (Wildman–Crippen LogP) is 2.88. The van der Waals surface area contributed by atoms with Gasteiger partial charge in [-0.25, -0.2) is 4.79 Å². The standard InChI is InChI=1S/C18H26N2O2S.C2HF3O2/c21-18(8-14-4-7-23-13-14)20-10-15-3-5-19(9-16(15)11-20)12-17-2-1-6-22-17;3-2(4,5)1(6)7/h4,7,13,15-17H,1-3,5-6,8-12H2;(H,6,7)/t15-,16+,17?;/m0./s1. The number of ether oxygens (including phenoxy) is 1. The number of rotatable bonds is 4. The zero-order chi connectivity index (χ0) is 21.7. The molecule has 0 radical (unpaired) electrons. The van der Waals surface area contributed by atoms with Crippen LogP contribution in [0.4, 0.5) is 13.2 Å². The van der Waals surface area contributed by atoms with Gasteiger partial charge < -0.3 is 19.6 Å². The van der Waals surface area contributed by atoms with E-state index >= 15 is 0 Å². The Balaban J connectivity index is 0.000000318. The topological polar surface area (TPSA) is 70.1 Å². The molecule has 4 rings (SSSR count). The van der Waals surface area contributed by atoms with Gasteiger partial charge in [-0.2, -0.15) is 24.5 Å². The molecule has 30 heavy (non-hydrogen) atoms. The summed E-state index contributed by atoms with van der Waals surface area (Å²) in [5.41, 5.74) is 1.16. The van der Waals surface area contributed by atoms with Gasteiger partial charge in [0.2, 0.25) is 5.91 Å². The van der Waals surface area contributed by atoms with Crippen molar-refractivity contribution in [2.24, 2.45) is 11.8 Å². The molecular formula is C20H27F3N2O4S. The second kappa shape index (κ2) is 10.1. The van der Waals surface area contributed by atoms with Crippen molar-refractivity contribution in [3.63, 3.8) is 0 Å². The first kappa shape index (κ1) is 23.0. The summed E-state index contributed by atoms with van der Waals surface area (Å²) in [6.07, 6.45) is -0.391. The van der Waals surface area contributed by atoms with Crippen LogP contribution in [0.5, 0.6) is 0 Å². The number of amides is 1. The van der Waals surface area contributed by atoms with Crippen LogP contribution in [-0.2, 0) is 20.7 Å². The summed E-state index contributed by atoms with van der Waals surface area (Å²) in [5.74, 6) is -1.07. The van der Waals surface area contributed by atoms with Crippen molar-refractivity contribution in [3.8, 4) is 0 Å². The zero-order valence-electron chi connectivity index (χ0n) is 16.6. The number of carbonyl (C=O) groups excluding carboxylic acids is 1. The van der Waals surface area contributed by atoms with E-state index in [-0.39, 0.29) is 0 Å². The SMILES string of the molecule is O=C(Cc1ccsc1)N1C[C@H]2CN(CC3CCCO3)CC[C@H]2C1.O=C(O)C(F)(F)F. The van der Waals surface area contributed by atoms with E-state index in [2.05, 4.69) is 26.6 Å². The normalized spacial score (nSPS) is 26.8. The highest BCUT2D eigenvalue weighted by molar-refractivity contribution is 7.08. The average Bonchev–Trinajstić information content (AvgIpc) is 3.42. The number of thiophene rings is 1. The molecule has 10 heteroatoms. The number of piperidine rings is 1. The van der Waals surface area contributed by atoms with Gasteiger partial charge in [0.1, 0.15) is 0 Å². The number of carboxylic acids is 1. The number of fused-ring (bicyclic) bond motifs is 1. The summed E-state index contributed by atoms with van der Waals surface area (Å²) in [4.78, 5) is 26.1. The number of carboxylic acid groups (broad SMARTS) is 1. The molecule has 3 saturated heterocycles. The van der Waals surface area contributed by atoms with E-state index in [1.165, 1.54) is 25.8 Å². The van der Waals surface area contributed by atoms with Gasteiger partial charge in [0.25, 0.3) is 0 Å². The van der Waals surface area contributed by atoms with Crippen LogP contribution in [0.25, 0.3) is 0 Å². The van der Waals surface area contributed by atoms with Crippen LogP contribution in [0.1, 0.15) is 24.8 Å². The molecule has 6 nitrogen and oxygen atoms in total. The lowest BCUT2D eigenvalue weighted by Gasteiger charge is -2.35. The zero-order valence-corrected chi connectivity index (χ0v) is 17.5. The Morgan fingerprint density at radius 2 is 1.93 bits per heavy atom. The number of carbonyl (C=O) groups is 2. The fraction of sp³-hybridized carbons (Fsp3) is 0.700. The molecule has 168 valence electrons. The summed E-state index contributed by atoms with van der Waals surface area (Å²) in [6.45, 7) is 6.28. The first-order chi connectivity index (χ1) is 14.2. The van der Waals surface area contributed by atoms with Crippen molar-refractivity contribution < 1.29 is 32.6 Å². The lowest BCUT2D eigenvalue weighted by molar-refractivity contribution is -0.192. The van der Waals surface area contributed by atoms with Crippen molar-refractivity contribution in [3.05, 3.63) is 22.4 Å². The molecule has 1 unspecified atom stereocenters. The predicted molar refractivity (Wildman–Crippen MR) is 105 cm³/mol. The highest BCUT2D eigenvalue weighted by Crippen LogP contribution is 2.32. The Kier molecular flexibility index (Phi) is 7.75. The molecule has 1 amide bonds. The third kappa shape index (κ3) is 6.42. The van der Waals surface area contributed by atoms with Crippen LogP contribution in [0.3, 0.4) is 0 Å². The lowest BCUT2D eigenvalue weighted by Crippen LogP contribution is -2.43. The number of aliphatic carboxylic acids is 1. The molecule has 4 heterocycles. The summed E-state index contributed by atoms with van der Waals surface area (Å²) in [5, 5.41) is 11.3. The summed E-state index contributed by atoms with van der Waals surface area (Å²) < 4.78 is 37.5. The van der Waals surface area contributed by atoms with Crippen LogP contribution in [0.15, 0.2) is 16.8 Å². The first-order valence-electron chi connectivity index (χ1n) is 10.1. The van der Waals surface area contributed by atoms with Crippen molar-refractivity contribution in [1.29, 1.82) is 0 Å².